The fourth-order valence-corrected chi connectivity index (χ4v) is 4.99. The van der Waals surface area contributed by atoms with Crippen LogP contribution in [0.5, 0.6) is 0 Å². The lowest BCUT2D eigenvalue weighted by molar-refractivity contribution is -0.197. The van der Waals surface area contributed by atoms with Gasteiger partial charge in [-0.3, -0.25) is 5.41 Å². The van der Waals surface area contributed by atoms with E-state index in [1.54, 1.807) is 0 Å². The first kappa shape index (κ1) is 27.9. The Kier molecular flexibility index (Phi) is 8.02. The minimum atomic E-state index is -4.72. The highest BCUT2D eigenvalue weighted by Gasteiger charge is 2.49. The molecule has 1 spiro atoms. The minimum absolute atomic E-state index is 0.0991. The van der Waals surface area contributed by atoms with Gasteiger partial charge >= 0.3 is 12.1 Å². The number of hydrogen-bond donors (Lipinski definition) is 1. The number of methoxy groups -OCH3 is 1. The Balaban J connectivity index is 1.71. The van der Waals surface area contributed by atoms with Crippen molar-refractivity contribution in [1.82, 2.24) is 0 Å². The number of azo groups is 1. The standard InChI is InChI=1S/C24H27F5N4O5/c1-35-21(34)20-19(17-12-16(24(27,28)29)2-3-18(17)38-20)33(9-8-31-32-14-30)13-23(25,26)15-4-6-22(7-5-15)36-10-11-37-22/h2-3,12,14-15,30H,4-11,13H2,1H3/b30-14?,32-31-. The molecule has 14 heteroatoms. The SMILES string of the molecule is COC(=O)c1oc2ccc(C(F)(F)F)cc2c1N(CC/N=N\C=N)CC(F)(F)C1CCC2(CC1)OCCO2. The molecule has 0 unspecified atom stereocenters. The number of nitrogens with zero attached hydrogens (tertiary/aromatic N) is 3. The van der Waals surface area contributed by atoms with Gasteiger partial charge in [-0.05, 0) is 31.0 Å². The van der Waals surface area contributed by atoms with Crippen molar-refractivity contribution in [2.45, 2.75) is 43.6 Å². The van der Waals surface area contributed by atoms with E-state index in [2.05, 4.69) is 10.2 Å². The van der Waals surface area contributed by atoms with Gasteiger partial charge < -0.3 is 23.5 Å². The first-order chi connectivity index (χ1) is 18.0. The third kappa shape index (κ3) is 5.80. The zero-order chi connectivity index (χ0) is 27.6. The van der Waals surface area contributed by atoms with Gasteiger partial charge in [0, 0.05) is 30.7 Å². The quantitative estimate of drug-likeness (QED) is 0.143. The highest BCUT2D eigenvalue weighted by molar-refractivity contribution is 6.04. The normalized spacial score (nSPS) is 18.5. The summed E-state index contributed by atoms with van der Waals surface area (Å²) in [7, 11) is 1.04. The molecule has 1 saturated carbocycles. The van der Waals surface area contributed by atoms with Crippen molar-refractivity contribution in [2.24, 2.45) is 16.1 Å². The van der Waals surface area contributed by atoms with Crippen LogP contribution in [0.4, 0.5) is 27.6 Å². The van der Waals surface area contributed by atoms with E-state index in [0.717, 1.165) is 30.2 Å². The average Bonchev–Trinajstić information content (AvgIpc) is 3.49. The number of carbonyl (C=O) groups excluding carboxylic acids is 1. The summed E-state index contributed by atoms with van der Waals surface area (Å²) in [6.45, 7) is -0.537. The first-order valence-electron chi connectivity index (χ1n) is 12.0. The second kappa shape index (κ2) is 10.9. The molecule has 2 fully saturated rings. The van der Waals surface area contributed by atoms with Crippen molar-refractivity contribution < 1.29 is 45.4 Å². The van der Waals surface area contributed by atoms with Gasteiger partial charge in [0.05, 0.1) is 44.7 Å². The summed E-state index contributed by atoms with van der Waals surface area (Å²) in [6, 6.07) is 2.56. The number of alkyl halides is 5. The maximum Gasteiger partial charge on any atom is 0.416 e. The molecule has 1 aromatic carbocycles. The number of rotatable bonds is 9. The molecule has 38 heavy (non-hydrogen) atoms. The van der Waals surface area contributed by atoms with E-state index < -0.39 is 47.6 Å². The van der Waals surface area contributed by atoms with Gasteiger partial charge in [0.25, 0.3) is 5.92 Å². The summed E-state index contributed by atoms with van der Waals surface area (Å²) in [5.41, 5.74) is -1.39. The third-order valence-electron chi connectivity index (χ3n) is 6.85. The molecule has 1 aliphatic carbocycles. The number of nitrogens with one attached hydrogen (secondary N) is 1. The molecule has 2 aromatic rings. The third-order valence-corrected chi connectivity index (χ3v) is 6.85. The van der Waals surface area contributed by atoms with E-state index >= 15 is 8.78 Å². The molecular weight excluding hydrogens is 519 g/mol. The summed E-state index contributed by atoms with van der Waals surface area (Å²) < 4.78 is 93.4. The zero-order valence-electron chi connectivity index (χ0n) is 20.5. The molecule has 4 rings (SSSR count). The smallest absolute Gasteiger partial charge is 0.416 e. The Morgan fingerprint density at radius 2 is 1.89 bits per heavy atom. The van der Waals surface area contributed by atoms with Crippen LogP contribution in [0, 0.1) is 11.3 Å². The zero-order valence-corrected chi connectivity index (χ0v) is 20.5. The Morgan fingerprint density at radius 1 is 1.21 bits per heavy atom. The van der Waals surface area contributed by atoms with Gasteiger partial charge in [0.2, 0.25) is 5.76 Å². The largest absolute Gasteiger partial charge is 0.463 e. The van der Waals surface area contributed by atoms with Crippen molar-refractivity contribution in [1.29, 1.82) is 5.41 Å². The van der Waals surface area contributed by atoms with E-state index in [4.69, 9.17) is 24.0 Å². The van der Waals surface area contributed by atoms with E-state index in [0.29, 0.717) is 19.6 Å². The van der Waals surface area contributed by atoms with Crippen molar-refractivity contribution in [3.63, 3.8) is 0 Å². The van der Waals surface area contributed by atoms with Gasteiger partial charge in [0.15, 0.2) is 5.79 Å². The summed E-state index contributed by atoms with van der Waals surface area (Å²) in [5.74, 6) is -6.74. The van der Waals surface area contributed by atoms with Crippen LogP contribution in [0.15, 0.2) is 32.8 Å². The number of benzene rings is 1. The fourth-order valence-electron chi connectivity index (χ4n) is 4.99. The molecule has 0 atom stereocenters. The number of fused-ring (bicyclic) bond motifs is 1. The van der Waals surface area contributed by atoms with Crippen LogP contribution in [-0.4, -0.2) is 64.0 Å². The lowest BCUT2D eigenvalue weighted by atomic mass is 9.81. The molecule has 0 radical (unpaired) electrons. The highest BCUT2D eigenvalue weighted by atomic mass is 19.4. The first-order valence-corrected chi connectivity index (χ1v) is 12.0. The number of ether oxygens (including phenoxy) is 3. The molecule has 208 valence electrons. The Morgan fingerprint density at radius 3 is 2.50 bits per heavy atom. The molecule has 2 heterocycles. The monoisotopic (exact) mass is 546 g/mol. The topological polar surface area (TPSA) is 110 Å². The number of esters is 1. The summed E-state index contributed by atoms with van der Waals surface area (Å²) in [6.07, 6.45) is -3.25. The van der Waals surface area contributed by atoms with Gasteiger partial charge in [-0.25, -0.2) is 13.6 Å². The van der Waals surface area contributed by atoms with Gasteiger partial charge in [-0.15, -0.1) is 5.11 Å². The van der Waals surface area contributed by atoms with Crippen molar-refractivity contribution in [3.8, 4) is 0 Å². The Hall–Kier alpha value is -3.13. The highest BCUT2D eigenvalue weighted by Crippen LogP contribution is 2.46. The maximum absolute atomic E-state index is 15.7. The molecule has 1 N–H and O–H groups in total. The van der Waals surface area contributed by atoms with Gasteiger partial charge in [-0.1, -0.05) is 0 Å². The Labute approximate surface area is 214 Å². The van der Waals surface area contributed by atoms with E-state index in [1.165, 1.54) is 0 Å². The average molecular weight is 546 g/mol. The maximum atomic E-state index is 15.7. The summed E-state index contributed by atoms with van der Waals surface area (Å²) >= 11 is 0. The molecular formula is C24H27F5N4O5. The number of carbonyl (C=O) groups is 1. The number of anilines is 1. The van der Waals surface area contributed by atoms with Crippen molar-refractivity contribution in [3.05, 3.63) is 29.5 Å². The van der Waals surface area contributed by atoms with Crippen LogP contribution in [0.1, 0.15) is 41.8 Å². The van der Waals surface area contributed by atoms with Crippen molar-refractivity contribution in [2.75, 3.05) is 44.9 Å². The number of halogens is 5. The van der Waals surface area contributed by atoms with Gasteiger partial charge in [0.1, 0.15) is 11.9 Å². The molecule has 2 aliphatic rings. The molecule has 1 saturated heterocycles. The second-order valence-electron chi connectivity index (χ2n) is 9.15. The van der Waals surface area contributed by atoms with E-state index in [-0.39, 0.29) is 55.4 Å². The lowest BCUT2D eigenvalue weighted by Crippen LogP contribution is -2.47. The van der Waals surface area contributed by atoms with E-state index in [1.807, 2.05) is 0 Å². The summed E-state index contributed by atoms with van der Waals surface area (Å²) in [5, 5.41) is 13.9. The van der Waals surface area contributed by atoms with Crippen molar-refractivity contribution >= 4 is 29.0 Å². The lowest BCUT2D eigenvalue weighted by Gasteiger charge is -2.40. The molecule has 0 bridgehead atoms. The number of furan rings is 1. The van der Waals surface area contributed by atoms with Crippen LogP contribution in [0.3, 0.4) is 0 Å². The fraction of sp³-hybridized carbons (Fsp3) is 0.583. The molecule has 1 aromatic heterocycles. The van der Waals surface area contributed by atoms with Crippen LogP contribution in [0.25, 0.3) is 11.0 Å². The van der Waals surface area contributed by atoms with Crippen LogP contribution < -0.4 is 4.90 Å². The van der Waals surface area contributed by atoms with E-state index in [9.17, 15) is 18.0 Å². The Bertz CT molecular complexity index is 1180. The predicted molar refractivity (Wildman–Crippen MR) is 125 cm³/mol. The van der Waals surface area contributed by atoms with Crippen LogP contribution in [-0.2, 0) is 20.4 Å². The molecule has 0 amide bonds. The van der Waals surface area contributed by atoms with Crippen LogP contribution >= 0.6 is 0 Å². The predicted octanol–water partition coefficient (Wildman–Crippen LogP) is 5.67. The molecule has 9 nitrogen and oxygen atoms in total. The van der Waals surface area contributed by atoms with Gasteiger partial charge in [-0.2, -0.15) is 18.3 Å². The van der Waals surface area contributed by atoms with Crippen LogP contribution in [0.2, 0.25) is 0 Å². The summed E-state index contributed by atoms with van der Waals surface area (Å²) in [4.78, 5) is 13.6. The molecule has 1 aliphatic heterocycles. The number of hydrogen-bond acceptors (Lipinski definition) is 8. The second-order valence-corrected chi connectivity index (χ2v) is 9.15. The minimum Gasteiger partial charge on any atom is -0.463 e.